The Balaban J connectivity index is 1.91. The molecule has 160 valence electrons. The Kier molecular flexibility index (Phi) is 7.05. The Morgan fingerprint density at radius 3 is 2.55 bits per heavy atom. The molecule has 0 spiro atoms. The topological polar surface area (TPSA) is 91.7 Å². The van der Waals surface area contributed by atoms with Crippen LogP contribution < -0.4 is 14.8 Å². The van der Waals surface area contributed by atoms with E-state index in [4.69, 9.17) is 14.2 Å². The number of ether oxygens (including phenoxy) is 3. The van der Waals surface area contributed by atoms with Crippen molar-refractivity contribution in [3.8, 4) is 17.2 Å². The second kappa shape index (κ2) is 10.1. The standard InChI is InChI=1S/C23H23N3O5/c1-4-31-23(28)19-15-24-26(17-8-6-5-7-9-17)22(19)25-21(27)13-10-16-14-18(29-2)11-12-20(16)30-3/h5-15H,4H2,1-3H3,(H,25,27)/b13-10+. The highest BCUT2D eigenvalue weighted by Crippen LogP contribution is 2.25. The van der Waals surface area contributed by atoms with Gasteiger partial charge in [0.1, 0.15) is 17.1 Å². The summed E-state index contributed by atoms with van der Waals surface area (Å²) in [6.07, 6.45) is 4.31. The zero-order chi connectivity index (χ0) is 22.2. The number of carbonyl (C=O) groups excluding carboxylic acids is 2. The van der Waals surface area contributed by atoms with E-state index in [-0.39, 0.29) is 18.0 Å². The number of methoxy groups -OCH3 is 2. The summed E-state index contributed by atoms with van der Waals surface area (Å²) in [6, 6.07) is 14.4. The van der Waals surface area contributed by atoms with Crippen molar-refractivity contribution in [2.75, 3.05) is 26.1 Å². The fourth-order valence-corrected chi connectivity index (χ4v) is 2.89. The van der Waals surface area contributed by atoms with Gasteiger partial charge in [-0.05, 0) is 43.3 Å². The number of hydrogen-bond donors (Lipinski definition) is 1. The maximum Gasteiger partial charge on any atom is 0.343 e. The van der Waals surface area contributed by atoms with Crippen LogP contribution in [0.4, 0.5) is 5.82 Å². The predicted molar refractivity (Wildman–Crippen MR) is 117 cm³/mol. The Bertz CT molecular complexity index is 1090. The first-order valence-corrected chi connectivity index (χ1v) is 9.59. The van der Waals surface area contributed by atoms with Crippen molar-refractivity contribution in [3.63, 3.8) is 0 Å². The number of para-hydroxylation sites is 1. The molecule has 0 aliphatic carbocycles. The molecule has 8 heteroatoms. The summed E-state index contributed by atoms with van der Waals surface area (Å²) in [6.45, 7) is 1.92. The summed E-state index contributed by atoms with van der Waals surface area (Å²) in [5.74, 6) is 0.419. The highest BCUT2D eigenvalue weighted by atomic mass is 16.5. The van der Waals surface area contributed by atoms with Crippen LogP contribution in [0.5, 0.6) is 11.5 Å². The molecule has 1 aromatic heterocycles. The maximum atomic E-state index is 12.7. The number of nitrogens with zero attached hydrogens (tertiary/aromatic N) is 2. The summed E-state index contributed by atoms with van der Waals surface area (Å²) in [5.41, 5.74) is 1.51. The van der Waals surface area contributed by atoms with Crippen LogP contribution in [0.3, 0.4) is 0 Å². The molecule has 3 aromatic rings. The molecule has 0 bridgehead atoms. The summed E-state index contributed by atoms with van der Waals surface area (Å²) in [5, 5.41) is 6.99. The van der Waals surface area contributed by atoms with E-state index in [0.29, 0.717) is 22.7 Å². The van der Waals surface area contributed by atoms with Crippen molar-refractivity contribution in [3.05, 3.63) is 71.9 Å². The average Bonchev–Trinajstić information content (AvgIpc) is 3.21. The fourth-order valence-electron chi connectivity index (χ4n) is 2.89. The first-order valence-electron chi connectivity index (χ1n) is 9.59. The van der Waals surface area contributed by atoms with Gasteiger partial charge in [0.2, 0.25) is 5.91 Å². The number of esters is 1. The quantitative estimate of drug-likeness (QED) is 0.440. The zero-order valence-corrected chi connectivity index (χ0v) is 17.5. The molecule has 0 radical (unpaired) electrons. The van der Waals surface area contributed by atoms with Crippen LogP contribution in [-0.4, -0.2) is 42.5 Å². The van der Waals surface area contributed by atoms with Crippen molar-refractivity contribution >= 4 is 23.8 Å². The number of hydrogen-bond acceptors (Lipinski definition) is 6. The van der Waals surface area contributed by atoms with E-state index in [1.807, 2.05) is 30.3 Å². The van der Waals surface area contributed by atoms with Crippen LogP contribution in [0, 0.1) is 0 Å². The maximum absolute atomic E-state index is 12.7. The molecular weight excluding hydrogens is 398 g/mol. The summed E-state index contributed by atoms with van der Waals surface area (Å²) >= 11 is 0. The number of nitrogens with one attached hydrogen (secondary N) is 1. The molecular formula is C23H23N3O5. The van der Waals surface area contributed by atoms with Gasteiger partial charge in [-0.2, -0.15) is 5.10 Å². The summed E-state index contributed by atoms with van der Waals surface area (Å²) in [4.78, 5) is 25.0. The Hall–Kier alpha value is -4.07. The van der Waals surface area contributed by atoms with Gasteiger partial charge in [0, 0.05) is 11.6 Å². The van der Waals surface area contributed by atoms with Gasteiger partial charge in [0.25, 0.3) is 0 Å². The van der Waals surface area contributed by atoms with Crippen LogP contribution in [0.1, 0.15) is 22.8 Å². The molecule has 3 rings (SSSR count). The summed E-state index contributed by atoms with van der Waals surface area (Å²) in [7, 11) is 3.10. The van der Waals surface area contributed by atoms with E-state index in [2.05, 4.69) is 10.4 Å². The number of carbonyl (C=O) groups is 2. The molecule has 0 aliphatic rings. The van der Waals surface area contributed by atoms with E-state index >= 15 is 0 Å². The third-order valence-corrected chi connectivity index (χ3v) is 4.36. The monoisotopic (exact) mass is 421 g/mol. The van der Waals surface area contributed by atoms with Crippen LogP contribution in [0.25, 0.3) is 11.8 Å². The number of anilines is 1. The number of amides is 1. The van der Waals surface area contributed by atoms with Crippen molar-refractivity contribution in [1.29, 1.82) is 0 Å². The lowest BCUT2D eigenvalue weighted by atomic mass is 10.1. The van der Waals surface area contributed by atoms with E-state index < -0.39 is 11.9 Å². The molecule has 0 saturated carbocycles. The molecule has 1 heterocycles. The molecule has 31 heavy (non-hydrogen) atoms. The zero-order valence-electron chi connectivity index (χ0n) is 17.5. The first kappa shape index (κ1) is 21.6. The molecule has 0 unspecified atom stereocenters. The number of aromatic nitrogens is 2. The van der Waals surface area contributed by atoms with E-state index in [1.54, 1.807) is 45.4 Å². The lowest BCUT2D eigenvalue weighted by Crippen LogP contribution is -2.16. The Morgan fingerprint density at radius 2 is 1.87 bits per heavy atom. The number of rotatable bonds is 8. The molecule has 2 aromatic carbocycles. The van der Waals surface area contributed by atoms with E-state index in [0.717, 1.165) is 0 Å². The lowest BCUT2D eigenvalue weighted by Gasteiger charge is -2.10. The Labute approximate surface area is 180 Å². The largest absolute Gasteiger partial charge is 0.497 e. The average molecular weight is 421 g/mol. The lowest BCUT2D eigenvalue weighted by molar-refractivity contribution is -0.111. The molecule has 0 aliphatic heterocycles. The van der Waals surface area contributed by atoms with Gasteiger partial charge in [-0.15, -0.1) is 0 Å². The van der Waals surface area contributed by atoms with Crippen LogP contribution in [0.2, 0.25) is 0 Å². The molecule has 1 N–H and O–H groups in total. The van der Waals surface area contributed by atoms with Crippen LogP contribution in [0.15, 0.2) is 60.8 Å². The van der Waals surface area contributed by atoms with Crippen LogP contribution in [-0.2, 0) is 9.53 Å². The summed E-state index contributed by atoms with van der Waals surface area (Å²) < 4.78 is 17.1. The minimum atomic E-state index is -0.571. The van der Waals surface area contributed by atoms with Gasteiger partial charge in [-0.25, -0.2) is 9.48 Å². The smallest absolute Gasteiger partial charge is 0.343 e. The molecule has 0 atom stereocenters. The second-order valence-corrected chi connectivity index (χ2v) is 6.31. The van der Waals surface area contributed by atoms with Crippen molar-refractivity contribution in [1.82, 2.24) is 9.78 Å². The van der Waals surface area contributed by atoms with Crippen LogP contribution >= 0.6 is 0 Å². The normalized spacial score (nSPS) is 10.7. The number of benzene rings is 2. The fraction of sp³-hybridized carbons (Fsp3) is 0.174. The third-order valence-electron chi connectivity index (χ3n) is 4.36. The molecule has 0 saturated heterocycles. The predicted octanol–water partition coefficient (Wildman–Crippen LogP) is 3.72. The van der Waals surface area contributed by atoms with Gasteiger partial charge >= 0.3 is 5.97 Å². The van der Waals surface area contributed by atoms with Gasteiger partial charge < -0.3 is 19.5 Å². The van der Waals surface area contributed by atoms with Gasteiger partial charge in [0.05, 0.1) is 32.7 Å². The Morgan fingerprint density at radius 1 is 1.10 bits per heavy atom. The van der Waals surface area contributed by atoms with Gasteiger partial charge in [-0.3, -0.25) is 4.79 Å². The highest BCUT2D eigenvalue weighted by Gasteiger charge is 2.21. The SMILES string of the molecule is CCOC(=O)c1cnn(-c2ccccc2)c1NC(=O)/C=C/c1cc(OC)ccc1OC. The second-order valence-electron chi connectivity index (χ2n) is 6.31. The van der Waals surface area contributed by atoms with Crippen molar-refractivity contribution in [2.24, 2.45) is 0 Å². The third kappa shape index (κ3) is 5.11. The van der Waals surface area contributed by atoms with Gasteiger partial charge in [0.15, 0.2) is 5.82 Å². The molecule has 1 amide bonds. The van der Waals surface area contributed by atoms with Crippen molar-refractivity contribution < 1.29 is 23.8 Å². The van der Waals surface area contributed by atoms with E-state index in [1.165, 1.54) is 17.0 Å². The van der Waals surface area contributed by atoms with Crippen molar-refractivity contribution in [2.45, 2.75) is 6.92 Å². The van der Waals surface area contributed by atoms with E-state index in [9.17, 15) is 9.59 Å². The molecule has 8 nitrogen and oxygen atoms in total. The first-order chi connectivity index (χ1) is 15.1. The minimum absolute atomic E-state index is 0.159. The molecule has 0 fully saturated rings. The minimum Gasteiger partial charge on any atom is -0.497 e. The van der Waals surface area contributed by atoms with Gasteiger partial charge in [-0.1, -0.05) is 18.2 Å². The highest BCUT2D eigenvalue weighted by molar-refractivity contribution is 6.06.